The van der Waals surface area contributed by atoms with Crippen LogP contribution in [0.1, 0.15) is 34.7 Å². The Labute approximate surface area is 98.9 Å². The van der Waals surface area contributed by atoms with Crippen LogP contribution in [0, 0.1) is 0 Å². The Hall–Kier alpha value is -0.750. The number of aliphatic hydroxyl groups excluding tert-OH is 2. The molecule has 0 aliphatic rings. The third-order valence-corrected chi connectivity index (χ3v) is 3.42. The maximum atomic E-state index is 11.3. The molecule has 0 aliphatic carbocycles. The van der Waals surface area contributed by atoms with Crippen LogP contribution in [-0.2, 0) is 0 Å². The molecule has 0 saturated heterocycles. The summed E-state index contributed by atoms with van der Waals surface area (Å²) in [5, 5.41) is 24.3. The Morgan fingerprint density at radius 2 is 2.25 bits per heavy atom. The Morgan fingerprint density at radius 1 is 1.56 bits per heavy atom. The van der Waals surface area contributed by atoms with Gasteiger partial charge in [0.2, 0.25) is 0 Å². The maximum absolute atomic E-state index is 11.3. The van der Waals surface area contributed by atoms with Gasteiger partial charge in [-0.05, 0) is 38.4 Å². The molecule has 2 unspecified atom stereocenters. The third kappa shape index (κ3) is 3.12. The standard InChI is InChI=1S/C11H17NO3S/c1-7(13)11-8(4-6-16-11)10(15)9(14)3-5-12-2/h4,6,9-10,12,14-15H,3,5H2,1-2H3. The first-order chi connectivity index (χ1) is 7.57. The molecular weight excluding hydrogens is 226 g/mol. The van der Waals surface area contributed by atoms with Crippen LogP contribution >= 0.6 is 11.3 Å². The number of carbonyl (C=O) groups is 1. The van der Waals surface area contributed by atoms with E-state index in [0.717, 1.165) is 0 Å². The predicted octanol–water partition coefficient (Wildman–Crippen LogP) is 0.955. The minimum absolute atomic E-state index is 0.0788. The Morgan fingerprint density at radius 3 is 2.81 bits per heavy atom. The second kappa shape index (κ2) is 6.10. The molecule has 0 aromatic carbocycles. The predicted molar refractivity (Wildman–Crippen MR) is 63.8 cm³/mol. The van der Waals surface area contributed by atoms with Gasteiger partial charge in [0.1, 0.15) is 6.10 Å². The van der Waals surface area contributed by atoms with Crippen LogP contribution in [0.2, 0.25) is 0 Å². The van der Waals surface area contributed by atoms with Crippen LogP contribution < -0.4 is 5.32 Å². The largest absolute Gasteiger partial charge is 0.390 e. The number of hydrogen-bond donors (Lipinski definition) is 3. The summed E-state index contributed by atoms with van der Waals surface area (Å²) in [5.41, 5.74) is 0.529. The van der Waals surface area contributed by atoms with Gasteiger partial charge in [-0.25, -0.2) is 0 Å². The van der Waals surface area contributed by atoms with Crippen molar-refractivity contribution < 1.29 is 15.0 Å². The summed E-state index contributed by atoms with van der Waals surface area (Å²) in [4.78, 5) is 11.8. The van der Waals surface area contributed by atoms with Crippen LogP contribution in [0.3, 0.4) is 0 Å². The summed E-state index contributed by atoms with van der Waals surface area (Å²) in [6.07, 6.45) is -1.39. The molecule has 16 heavy (non-hydrogen) atoms. The van der Waals surface area contributed by atoms with Gasteiger partial charge in [0, 0.05) is 5.56 Å². The van der Waals surface area contributed by atoms with E-state index < -0.39 is 12.2 Å². The zero-order valence-electron chi connectivity index (χ0n) is 9.43. The van der Waals surface area contributed by atoms with Gasteiger partial charge in [0.15, 0.2) is 5.78 Å². The molecular formula is C11H17NO3S. The second-order valence-electron chi connectivity index (χ2n) is 3.67. The van der Waals surface area contributed by atoms with E-state index in [1.807, 2.05) is 0 Å². The molecule has 90 valence electrons. The molecule has 3 N–H and O–H groups in total. The first-order valence-corrected chi connectivity index (χ1v) is 6.05. The number of hydrogen-bond acceptors (Lipinski definition) is 5. The Balaban J connectivity index is 2.75. The summed E-state index contributed by atoms with van der Waals surface area (Å²) >= 11 is 1.29. The number of nitrogens with one attached hydrogen (secondary N) is 1. The average Bonchev–Trinajstić information content (AvgIpc) is 2.73. The van der Waals surface area contributed by atoms with Crippen molar-refractivity contribution in [2.45, 2.75) is 25.6 Å². The second-order valence-corrected chi connectivity index (χ2v) is 4.58. The number of aliphatic hydroxyl groups is 2. The van der Waals surface area contributed by atoms with Gasteiger partial charge in [-0.3, -0.25) is 4.79 Å². The highest BCUT2D eigenvalue weighted by molar-refractivity contribution is 7.12. The molecule has 1 heterocycles. The number of ketones is 1. The normalized spacial score (nSPS) is 14.8. The van der Waals surface area contributed by atoms with E-state index in [1.54, 1.807) is 18.5 Å². The molecule has 0 aliphatic heterocycles. The Bertz CT molecular complexity index is 351. The van der Waals surface area contributed by atoms with Crippen molar-refractivity contribution in [2.75, 3.05) is 13.6 Å². The summed E-state index contributed by atoms with van der Waals surface area (Å²) in [7, 11) is 1.78. The van der Waals surface area contributed by atoms with Crippen LogP contribution in [0.4, 0.5) is 0 Å². The van der Waals surface area contributed by atoms with E-state index in [9.17, 15) is 15.0 Å². The van der Waals surface area contributed by atoms with Crippen molar-refractivity contribution in [2.24, 2.45) is 0 Å². The Kier molecular flexibility index (Phi) is 5.08. The highest BCUT2D eigenvalue weighted by Crippen LogP contribution is 2.27. The van der Waals surface area contributed by atoms with Crippen molar-refractivity contribution >= 4 is 17.1 Å². The molecule has 1 aromatic heterocycles. The third-order valence-electron chi connectivity index (χ3n) is 2.39. The molecule has 0 spiro atoms. The molecule has 0 saturated carbocycles. The van der Waals surface area contributed by atoms with E-state index in [2.05, 4.69) is 5.32 Å². The van der Waals surface area contributed by atoms with Crippen LogP contribution in [0.15, 0.2) is 11.4 Å². The fraction of sp³-hybridized carbons (Fsp3) is 0.545. The zero-order valence-corrected chi connectivity index (χ0v) is 10.3. The highest BCUT2D eigenvalue weighted by Gasteiger charge is 2.22. The molecule has 2 atom stereocenters. The molecule has 4 nitrogen and oxygen atoms in total. The lowest BCUT2D eigenvalue weighted by atomic mass is 10.0. The average molecular weight is 243 g/mol. The monoisotopic (exact) mass is 243 g/mol. The van der Waals surface area contributed by atoms with Gasteiger partial charge in [-0.1, -0.05) is 0 Å². The van der Waals surface area contributed by atoms with E-state index in [4.69, 9.17) is 0 Å². The highest BCUT2D eigenvalue weighted by atomic mass is 32.1. The fourth-order valence-electron chi connectivity index (χ4n) is 1.50. The molecule has 0 amide bonds. The molecule has 0 fully saturated rings. The van der Waals surface area contributed by atoms with Crippen molar-refractivity contribution in [1.29, 1.82) is 0 Å². The topological polar surface area (TPSA) is 69.6 Å². The number of thiophene rings is 1. The number of carbonyl (C=O) groups excluding carboxylic acids is 1. The quantitative estimate of drug-likeness (QED) is 0.651. The molecule has 1 rings (SSSR count). The summed E-state index contributed by atoms with van der Waals surface area (Å²) in [6.45, 7) is 2.08. The lowest BCUT2D eigenvalue weighted by Gasteiger charge is -2.17. The van der Waals surface area contributed by atoms with E-state index >= 15 is 0 Å². The van der Waals surface area contributed by atoms with Crippen LogP contribution in [-0.4, -0.2) is 35.7 Å². The molecule has 5 heteroatoms. The van der Waals surface area contributed by atoms with Gasteiger partial charge in [-0.2, -0.15) is 0 Å². The SMILES string of the molecule is CNCCC(O)C(O)c1ccsc1C(C)=O. The lowest BCUT2D eigenvalue weighted by Crippen LogP contribution is -2.23. The minimum Gasteiger partial charge on any atom is -0.390 e. The van der Waals surface area contributed by atoms with E-state index in [-0.39, 0.29) is 5.78 Å². The van der Waals surface area contributed by atoms with Crippen LogP contribution in [0.5, 0.6) is 0 Å². The minimum atomic E-state index is -0.988. The van der Waals surface area contributed by atoms with Crippen molar-refractivity contribution in [3.05, 3.63) is 21.9 Å². The summed E-state index contributed by atoms with van der Waals surface area (Å²) in [6, 6.07) is 1.69. The van der Waals surface area contributed by atoms with Gasteiger partial charge < -0.3 is 15.5 Å². The zero-order chi connectivity index (χ0) is 12.1. The molecule has 0 bridgehead atoms. The lowest BCUT2D eigenvalue weighted by molar-refractivity contribution is 0.0139. The smallest absolute Gasteiger partial charge is 0.170 e. The van der Waals surface area contributed by atoms with Crippen molar-refractivity contribution in [3.8, 4) is 0 Å². The summed E-state index contributed by atoms with van der Waals surface area (Å²) in [5.74, 6) is -0.0788. The fourth-order valence-corrected chi connectivity index (χ4v) is 2.34. The first-order valence-electron chi connectivity index (χ1n) is 5.17. The van der Waals surface area contributed by atoms with Gasteiger partial charge in [0.25, 0.3) is 0 Å². The number of rotatable bonds is 6. The van der Waals surface area contributed by atoms with E-state index in [1.165, 1.54) is 18.3 Å². The van der Waals surface area contributed by atoms with Gasteiger partial charge in [-0.15, -0.1) is 11.3 Å². The van der Waals surface area contributed by atoms with Crippen molar-refractivity contribution in [3.63, 3.8) is 0 Å². The molecule has 0 radical (unpaired) electrons. The number of Topliss-reactive ketones (excluding diaryl/α,β-unsaturated/α-hetero) is 1. The van der Waals surface area contributed by atoms with Crippen LogP contribution in [0.25, 0.3) is 0 Å². The molecule has 1 aromatic rings. The van der Waals surface area contributed by atoms with Gasteiger partial charge >= 0.3 is 0 Å². The van der Waals surface area contributed by atoms with E-state index in [0.29, 0.717) is 23.4 Å². The first kappa shape index (κ1) is 13.3. The van der Waals surface area contributed by atoms with Crippen molar-refractivity contribution in [1.82, 2.24) is 5.32 Å². The summed E-state index contributed by atoms with van der Waals surface area (Å²) < 4.78 is 0. The van der Waals surface area contributed by atoms with Gasteiger partial charge in [0.05, 0.1) is 11.0 Å². The maximum Gasteiger partial charge on any atom is 0.170 e.